The lowest BCUT2D eigenvalue weighted by Crippen LogP contribution is -2.68. The Morgan fingerprint density at radius 3 is 2.68 bits per heavy atom. The van der Waals surface area contributed by atoms with Gasteiger partial charge >= 0.3 is 0 Å². The maximum absolute atomic E-state index is 6.21. The van der Waals surface area contributed by atoms with E-state index >= 15 is 0 Å². The van der Waals surface area contributed by atoms with Gasteiger partial charge in [0.2, 0.25) is 0 Å². The van der Waals surface area contributed by atoms with Crippen molar-refractivity contribution in [3.63, 3.8) is 0 Å². The summed E-state index contributed by atoms with van der Waals surface area (Å²) < 4.78 is 5.80. The zero-order valence-electron chi connectivity index (χ0n) is 12.9. The van der Waals surface area contributed by atoms with Crippen LogP contribution in [0.15, 0.2) is 0 Å². The number of methoxy groups -OCH3 is 1. The highest BCUT2D eigenvalue weighted by Crippen LogP contribution is 2.36. The molecule has 2 fully saturated rings. The molecular formula is C15H31N3O. The lowest BCUT2D eigenvalue weighted by molar-refractivity contribution is -0.0963. The summed E-state index contributed by atoms with van der Waals surface area (Å²) in [7, 11) is 1.85. The Bertz CT molecular complexity index is 287. The molecule has 1 heterocycles. The van der Waals surface area contributed by atoms with Crippen molar-refractivity contribution in [1.82, 2.24) is 9.80 Å². The molecule has 1 saturated heterocycles. The second-order valence-electron chi connectivity index (χ2n) is 6.20. The van der Waals surface area contributed by atoms with Gasteiger partial charge in [-0.05, 0) is 26.3 Å². The van der Waals surface area contributed by atoms with Crippen LogP contribution in [0.4, 0.5) is 0 Å². The Hall–Kier alpha value is -0.160. The van der Waals surface area contributed by atoms with E-state index in [1.165, 1.54) is 19.3 Å². The smallest absolute Gasteiger partial charge is 0.0767 e. The first-order valence-corrected chi connectivity index (χ1v) is 7.90. The Labute approximate surface area is 118 Å². The number of nitrogens with zero attached hydrogens (tertiary/aromatic N) is 2. The Morgan fingerprint density at radius 1 is 1.32 bits per heavy atom. The van der Waals surface area contributed by atoms with E-state index in [-0.39, 0.29) is 5.54 Å². The Balaban J connectivity index is 2.12. The van der Waals surface area contributed by atoms with Crippen molar-refractivity contribution in [3.05, 3.63) is 0 Å². The molecule has 0 aromatic rings. The zero-order valence-corrected chi connectivity index (χ0v) is 12.9. The highest BCUT2D eigenvalue weighted by Gasteiger charge is 2.46. The largest absolute Gasteiger partial charge is 0.379 e. The third-order valence-electron chi connectivity index (χ3n) is 5.36. The quantitative estimate of drug-likeness (QED) is 0.835. The van der Waals surface area contributed by atoms with Gasteiger partial charge < -0.3 is 10.5 Å². The van der Waals surface area contributed by atoms with E-state index < -0.39 is 0 Å². The zero-order chi connectivity index (χ0) is 13.9. The van der Waals surface area contributed by atoms with Gasteiger partial charge in [-0.15, -0.1) is 0 Å². The van der Waals surface area contributed by atoms with Gasteiger partial charge in [0.1, 0.15) is 0 Å². The van der Waals surface area contributed by atoms with Crippen molar-refractivity contribution in [2.45, 2.75) is 57.2 Å². The molecule has 2 N–H and O–H groups in total. The summed E-state index contributed by atoms with van der Waals surface area (Å²) in [5, 5.41) is 0. The van der Waals surface area contributed by atoms with Crippen molar-refractivity contribution in [3.8, 4) is 0 Å². The minimum atomic E-state index is 0.0844. The van der Waals surface area contributed by atoms with Crippen LogP contribution in [0.2, 0.25) is 0 Å². The fourth-order valence-electron chi connectivity index (χ4n) is 4.12. The van der Waals surface area contributed by atoms with Gasteiger partial charge in [-0.3, -0.25) is 9.80 Å². The molecule has 0 bridgehead atoms. The van der Waals surface area contributed by atoms with E-state index in [0.29, 0.717) is 12.1 Å². The predicted molar refractivity (Wildman–Crippen MR) is 79.3 cm³/mol. The molecule has 0 spiro atoms. The molecule has 0 aromatic heterocycles. The van der Waals surface area contributed by atoms with Crippen LogP contribution >= 0.6 is 0 Å². The molecule has 0 amide bonds. The maximum Gasteiger partial charge on any atom is 0.0767 e. The minimum absolute atomic E-state index is 0.0844. The number of ether oxygens (including phenoxy) is 1. The highest BCUT2D eigenvalue weighted by atomic mass is 16.5. The van der Waals surface area contributed by atoms with Crippen LogP contribution in [0, 0.1) is 0 Å². The lowest BCUT2D eigenvalue weighted by atomic mass is 9.77. The van der Waals surface area contributed by atoms with Crippen LogP contribution in [0.1, 0.15) is 39.5 Å². The number of nitrogens with two attached hydrogens (primary N) is 1. The molecule has 0 radical (unpaired) electrons. The average Bonchev–Trinajstić information content (AvgIpc) is 2.46. The molecule has 112 valence electrons. The number of hydrogen-bond acceptors (Lipinski definition) is 4. The third-order valence-corrected chi connectivity index (χ3v) is 5.36. The van der Waals surface area contributed by atoms with Crippen LogP contribution in [0.3, 0.4) is 0 Å². The summed E-state index contributed by atoms with van der Waals surface area (Å²) >= 11 is 0. The van der Waals surface area contributed by atoms with Gasteiger partial charge in [-0.2, -0.15) is 0 Å². The molecule has 3 unspecified atom stereocenters. The fourth-order valence-corrected chi connectivity index (χ4v) is 4.12. The summed E-state index contributed by atoms with van der Waals surface area (Å²) in [6.45, 7) is 9.90. The predicted octanol–water partition coefficient (Wildman–Crippen LogP) is 1.30. The van der Waals surface area contributed by atoms with E-state index in [9.17, 15) is 0 Å². The summed E-state index contributed by atoms with van der Waals surface area (Å²) in [4.78, 5) is 5.20. The van der Waals surface area contributed by atoms with E-state index in [4.69, 9.17) is 10.5 Å². The first-order valence-electron chi connectivity index (χ1n) is 7.90. The first-order chi connectivity index (χ1) is 9.17. The van der Waals surface area contributed by atoms with Gasteiger partial charge in [0.15, 0.2) is 0 Å². The number of piperazine rings is 1. The number of rotatable bonds is 4. The van der Waals surface area contributed by atoms with Gasteiger partial charge in [-0.1, -0.05) is 19.8 Å². The van der Waals surface area contributed by atoms with Crippen molar-refractivity contribution in [1.29, 1.82) is 0 Å². The van der Waals surface area contributed by atoms with E-state index in [2.05, 4.69) is 23.6 Å². The standard InChI is InChI=1S/C15H31N3O/c1-4-17-9-10-18(11-13(17)2)15(12-16)8-6-5-7-14(15)19-3/h13-14H,4-12,16H2,1-3H3. The minimum Gasteiger partial charge on any atom is -0.379 e. The molecule has 1 aliphatic carbocycles. The average molecular weight is 269 g/mol. The Morgan fingerprint density at radius 2 is 2.11 bits per heavy atom. The van der Waals surface area contributed by atoms with E-state index in [1.807, 2.05) is 7.11 Å². The molecule has 0 aromatic carbocycles. The highest BCUT2D eigenvalue weighted by molar-refractivity contribution is 5.03. The number of hydrogen-bond donors (Lipinski definition) is 1. The normalized spacial score (nSPS) is 38.5. The molecule has 19 heavy (non-hydrogen) atoms. The summed E-state index contributed by atoms with van der Waals surface area (Å²) in [6, 6.07) is 0.626. The van der Waals surface area contributed by atoms with Crippen molar-refractivity contribution in [2.24, 2.45) is 5.73 Å². The van der Waals surface area contributed by atoms with Crippen LogP contribution in [0.25, 0.3) is 0 Å². The van der Waals surface area contributed by atoms with Crippen molar-refractivity contribution < 1.29 is 4.74 Å². The van der Waals surface area contributed by atoms with E-state index in [1.54, 1.807) is 0 Å². The summed E-state index contributed by atoms with van der Waals surface area (Å²) in [6.07, 6.45) is 5.24. The SMILES string of the molecule is CCN1CCN(C2(CN)CCCCC2OC)CC1C. The van der Waals surface area contributed by atoms with E-state index in [0.717, 1.165) is 39.1 Å². The summed E-state index contributed by atoms with van der Waals surface area (Å²) in [5.74, 6) is 0. The molecule has 2 aliphatic rings. The molecular weight excluding hydrogens is 238 g/mol. The van der Waals surface area contributed by atoms with Gasteiger partial charge in [0.25, 0.3) is 0 Å². The molecule has 4 heteroatoms. The Kier molecular flexibility index (Phi) is 5.23. The van der Waals surface area contributed by atoms with Gasteiger partial charge in [0, 0.05) is 39.3 Å². The third kappa shape index (κ3) is 2.82. The maximum atomic E-state index is 6.21. The second-order valence-corrected chi connectivity index (χ2v) is 6.20. The molecule has 4 nitrogen and oxygen atoms in total. The number of likely N-dealkylation sites (N-methyl/N-ethyl adjacent to an activating group) is 1. The monoisotopic (exact) mass is 269 g/mol. The summed E-state index contributed by atoms with van der Waals surface area (Å²) in [5.41, 5.74) is 6.30. The first kappa shape index (κ1) is 15.2. The molecule has 2 rings (SSSR count). The second kappa shape index (κ2) is 6.53. The lowest BCUT2D eigenvalue weighted by Gasteiger charge is -2.54. The van der Waals surface area contributed by atoms with Crippen LogP contribution in [0.5, 0.6) is 0 Å². The molecule has 1 aliphatic heterocycles. The van der Waals surface area contributed by atoms with Gasteiger partial charge in [-0.25, -0.2) is 0 Å². The van der Waals surface area contributed by atoms with Crippen molar-refractivity contribution in [2.75, 3.05) is 39.8 Å². The fraction of sp³-hybridized carbons (Fsp3) is 1.00. The van der Waals surface area contributed by atoms with Crippen LogP contribution < -0.4 is 5.73 Å². The van der Waals surface area contributed by atoms with Crippen molar-refractivity contribution >= 4 is 0 Å². The van der Waals surface area contributed by atoms with Crippen LogP contribution in [-0.4, -0.2) is 67.3 Å². The van der Waals surface area contributed by atoms with Crippen LogP contribution in [-0.2, 0) is 4.74 Å². The topological polar surface area (TPSA) is 41.7 Å². The molecule has 3 atom stereocenters. The van der Waals surface area contributed by atoms with Gasteiger partial charge in [0.05, 0.1) is 11.6 Å². The molecule has 1 saturated carbocycles.